The molecule has 1 saturated carbocycles. The number of rotatable bonds is 5. The minimum atomic E-state index is -3.41. The number of nitrogens with one attached hydrogen (secondary N) is 2. The van der Waals surface area contributed by atoms with Gasteiger partial charge in [0.2, 0.25) is 10.0 Å². The molecular formula is C18H24BrN3O2S. The Morgan fingerprint density at radius 3 is 2.56 bits per heavy atom. The van der Waals surface area contributed by atoms with E-state index < -0.39 is 20.3 Å². The van der Waals surface area contributed by atoms with Crippen LogP contribution in [-0.4, -0.2) is 30.2 Å². The van der Waals surface area contributed by atoms with Gasteiger partial charge in [-0.15, -0.1) is 0 Å². The summed E-state index contributed by atoms with van der Waals surface area (Å²) in [5.74, 6) is 0. The van der Waals surface area contributed by atoms with Crippen LogP contribution < -0.4 is 10.0 Å². The van der Waals surface area contributed by atoms with Gasteiger partial charge >= 0.3 is 0 Å². The van der Waals surface area contributed by atoms with Crippen molar-refractivity contribution >= 4 is 42.5 Å². The molecule has 0 spiro atoms. The lowest BCUT2D eigenvalue weighted by atomic mass is 9.84. The second-order valence-electron chi connectivity index (χ2n) is 7.74. The van der Waals surface area contributed by atoms with Crippen molar-refractivity contribution in [1.82, 2.24) is 9.71 Å². The third-order valence-electron chi connectivity index (χ3n) is 4.60. The van der Waals surface area contributed by atoms with E-state index in [1.807, 2.05) is 45.0 Å². The van der Waals surface area contributed by atoms with Crippen molar-refractivity contribution in [3.8, 4) is 0 Å². The van der Waals surface area contributed by atoms with Crippen LogP contribution in [0.1, 0.15) is 40.0 Å². The lowest BCUT2D eigenvalue weighted by Crippen LogP contribution is -2.58. The van der Waals surface area contributed by atoms with E-state index in [0.29, 0.717) is 19.4 Å². The van der Waals surface area contributed by atoms with Crippen LogP contribution in [0.2, 0.25) is 0 Å². The zero-order chi connectivity index (χ0) is 18.3. The largest absolute Gasteiger partial charge is 0.383 e. The van der Waals surface area contributed by atoms with Gasteiger partial charge in [0.1, 0.15) is 4.75 Å². The van der Waals surface area contributed by atoms with E-state index in [0.717, 1.165) is 27.5 Å². The summed E-state index contributed by atoms with van der Waals surface area (Å²) in [4.78, 5) is 4.40. The van der Waals surface area contributed by atoms with Crippen molar-refractivity contribution in [2.24, 2.45) is 0 Å². The number of anilines is 1. The van der Waals surface area contributed by atoms with E-state index in [4.69, 9.17) is 0 Å². The molecular weight excluding hydrogens is 402 g/mol. The predicted octanol–water partition coefficient (Wildman–Crippen LogP) is 4.05. The second-order valence-corrected chi connectivity index (χ2v) is 10.7. The minimum absolute atomic E-state index is 0.393. The molecule has 3 rings (SSSR count). The first kappa shape index (κ1) is 18.6. The Kier molecular flexibility index (Phi) is 4.85. The van der Waals surface area contributed by atoms with E-state index in [1.54, 1.807) is 6.20 Å². The number of benzene rings is 1. The number of aromatic nitrogens is 1. The molecule has 0 amide bonds. The number of hydrogen-bond acceptors (Lipinski definition) is 4. The fourth-order valence-electron chi connectivity index (χ4n) is 3.17. The van der Waals surface area contributed by atoms with E-state index in [2.05, 4.69) is 31.0 Å². The molecule has 1 fully saturated rings. The summed E-state index contributed by atoms with van der Waals surface area (Å²) >= 11 is 3.52. The van der Waals surface area contributed by atoms with Crippen molar-refractivity contribution in [2.75, 3.05) is 11.9 Å². The highest BCUT2D eigenvalue weighted by Crippen LogP contribution is 2.40. The molecule has 0 atom stereocenters. The third-order valence-corrected chi connectivity index (χ3v) is 7.81. The zero-order valence-electron chi connectivity index (χ0n) is 14.8. The Labute approximate surface area is 157 Å². The zero-order valence-corrected chi connectivity index (χ0v) is 17.2. The van der Waals surface area contributed by atoms with Gasteiger partial charge < -0.3 is 5.32 Å². The van der Waals surface area contributed by atoms with Gasteiger partial charge in [0.25, 0.3) is 0 Å². The molecule has 0 aliphatic heterocycles. The van der Waals surface area contributed by atoms with Gasteiger partial charge in [-0.05, 0) is 61.7 Å². The van der Waals surface area contributed by atoms with E-state index in [1.165, 1.54) is 0 Å². The SMILES string of the molecule is CC(C)(C)NS(=O)(=O)C1(CNc2ccnc3c(Br)cccc23)CCC1. The first-order valence-electron chi connectivity index (χ1n) is 8.44. The third kappa shape index (κ3) is 3.68. The summed E-state index contributed by atoms with van der Waals surface area (Å²) in [7, 11) is -3.41. The number of fused-ring (bicyclic) bond motifs is 1. The van der Waals surface area contributed by atoms with Crippen LogP contribution in [0.3, 0.4) is 0 Å². The number of nitrogens with zero attached hydrogens (tertiary/aromatic N) is 1. The second kappa shape index (κ2) is 6.52. The number of hydrogen-bond donors (Lipinski definition) is 2. The van der Waals surface area contributed by atoms with Crippen LogP contribution in [0, 0.1) is 0 Å². The van der Waals surface area contributed by atoms with Crippen LogP contribution in [0.5, 0.6) is 0 Å². The van der Waals surface area contributed by atoms with Gasteiger partial charge in [0.15, 0.2) is 0 Å². The summed E-state index contributed by atoms with van der Waals surface area (Å²) < 4.78 is 28.8. The van der Waals surface area contributed by atoms with Crippen LogP contribution in [0.4, 0.5) is 5.69 Å². The highest BCUT2D eigenvalue weighted by Gasteiger charge is 2.49. The summed E-state index contributed by atoms with van der Waals surface area (Å²) in [6, 6.07) is 7.79. The van der Waals surface area contributed by atoms with E-state index in [-0.39, 0.29) is 0 Å². The van der Waals surface area contributed by atoms with Crippen LogP contribution in [0.15, 0.2) is 34.9 Å². The number of pyridine rings is 1. The molecule has 0 bridgehead atoms. The molecule has 0 saturated heterocycles. The molecule has 1 aliphatic rings. The molecule has 0 unspecified atom stereocenters. The van der Waals surface area contributed by atoms with Gasteiger partial charge in [0, 0.05) is 33.8 Å². The molecule has 136 valence electrons. The van der Waals surface area contributed by atoms with Gasteiger partial charge in [0.05, 0.1) is 5.52 Å². The van der Waals surface area contributed by atoms with Crippen molar-refractivity contribution in [3.05, 3.63) is 34.9 Å². The van der Waals surface area contributed by atoms with Crippen molar-refractivity contribution in [1.29, 1.82) is 0 Å². The summed E-state index contributed by atoms with van der Waals surface area (Å²) in [5.41, 5.74) is 1.30. The standard InChI is InChI=1S/C18H24BrN3O2S/c1-17(2,3)22-25(23,24)18(9-5-10-18)12-21-15-8-11-20-16-13(15)6-4-7-14(16)19/h4,6-8,11,22H,5,9-10,12H2,1-3H3,(H,20,21). The van der Waals surface area contributed by atoms with Gasteiger partial charge in [-0.1, -0.05) is 18.6 Å². The van der Waals surface area contributed by atoms with Crippen molar-refractivity contribution in [3.63, 3.8) is 0 Å². The highest BCUT2D eigenvalue weighted by molar-refractivity contribution is 9.10. The predicted molar refractivity (Wildman–Crippen MR) is 106 cm³/mol. The number of halogens is 1. The summed E-state index contributed by atoms with van der Waals surface area (Å²) in [6.07, 6.45) is 4.04. The topological polar surface area (TPSA) is 71.1 Å². The average molecular weight is 426 g/mol. The average Bonchev–Trinajstić information content (AvgIpc) is 2.44. The molecule has 5 nitrogen and oxygen atoms in total. The highest BCUT2D eigenvalue weighted by atomic mass is 79.9. The Morgan fingerprint density at radius 1 is 1.24 bits per heavy atom. The van der Waals surface area contributed by atoms with Crippen molar-refractivity contribution < 1.29 is 8.42 Å². The molecule has 1 aliphatic carbocycles. The lowest BCUT2D eigenvalue weighted by molar-refractivity contribution is 0.339. The smallest absolute Gasteiger partial charge is 0.219 e. The van der Waals surface area contributed by atoms with Gasteiger partial charge in [-0.3, -0.25) is 4.98 Å². The summed E-state index contributed by atoms with van der Waals surface area (Å²) in [6.45, 7) is 6.01. The lowest BCUT2D eigenvalue weighted by Gasteiger charge is -2.42. The van der Waals surface area contributed by atoms with Gasteiger partial charge in [-0.2, -0.15) is 0 Å². The molecule has 2 N–H and O–H groups in total. The molecule has 0 radical (unpaired) electrons. The van der Waals surface area contributed by atoms with E-state index >= 15 is 0 Å². The van der Waals surface area contributed by atoms with Crippen LogP contribution in [0.25, 0.3) is 10.9 Å². The maximum absolute atomic E-state index is 12.9. The Hall–Kier alpha value is -1.18. The molecule has 25 heavy (non-hydrogen) atoms. The molecule has 1 aromatic carbocycles. The Bertz CT molecular complexity index is 887. The number of sulfonamides is 1. The fraction of sp³-hybridized carbons (Fsp3) is 0.500. The minimum Gasteiger partial charge on any atom is -0.383 e. The van der Waals surface area contributed by atoms with Crippen molar-refractivity contribution in [2.45, 2.75) is 50.3 Å². The molecule has 7 heteroatoms. The number of para-hydroxylation sites is 1. The van der Waals surface area contributed by atoms with Crippen LogP contribution >= 0.6 is 15.9 Å². The van der Waals surface area contributed by atoms with E-state index in [9.17, 15) is 8.42 Å². The van der Waals surface area contributed by atoms with Crippen LogP contribution in [-0.2, 0) is 10.0 Å². The first-order valence-corrected chi connectivity index (χ1v) is 10.7. The molecule has 1 heterocycles. The summed E-state index contributed by atoms with van der Waals surface area (Å²) in [5, 5.41) is 4.35. The fourth-order valence-corrected chi connectivity index (χ4v) is 5.75. The Balaban J connectivity index is 1.86. The maximum atomic E-state index is 12.9. The maximum Gasteiger partial charge on any atom is 0.219 e. The Morgan fingerprint density at radius 2 is 1.96 bits per heavy atom. The quantitative estimate of drug-likeness (QED) is 0.757. The normalized spacial score (nSPS) is 17.3. The van der Waals surface area contributed by atoms with Gasteiger partial charge in [-0.25, -0.2) is 13.1 Å². The molecule has 2 aromatic rings. The molecule has 1 aromatic heterocycles. The first-order chi connectivity index (χ1) is 11.6. The monoisotopic (exact) mass is 425 g/mol.